The van der Waals surface area contributed by atoms with E-state index in [1.165, 1.54) is 24.3 Å². The van der Waals surface area contributed by atoms with Crippen molar-refractivity contribution in [2.24, 2.45) is 5.14 Å². The normalized spacial score (nSPS) is 11.6. The molecule has 0 radical (unpaired) electrons. The Balaban J connectivity index is 1.88. The number of rotatable bonds is 4. The van der Waals surface area contributed by atoms with Crippen LogP contribution in [0, 0.1) is 5.82 Å². The number of nitrogens with zero attached hydrogens (tertiary/aromatic N) is 2. The minimum atomic E-state index is -3.80. The molecule has 0 fully saturated rings. The smallest absolute Gasteiger partial charge is 0.232 e. The maximum absolute atomic E-state index is 13.8. The number of primary sulfonamides is 1. The molecule has 4 rings (SSSR count). The molecule has 0 unspecified atom stereocenters. The van der Waals surface area contributed by atoms with Crippen molar-refractivity contribution in [1.29, 1.82) is 0 Å². The topological polar surface area (TPSA) is 78.0 Å². The summed E-state index contributed by atoms with van der Waals surface area (Å²) < 4.78 is 38.5. The van der Waals surface area contributed by atoms with Crippen molar-refractivity contribution < 1.29 is 12.8 Å². The van der Waals surface area contributed by atoms with E-state index in [0.717, 1.165) is 5.56 Å². The van der Waals surface area contributed by atoms with Crippen molar-refractivity contribution in [3.63, 3.8) is 0 Å². The fraction of sp³-hybridized carbons (Fsp3) is 0. The summed E-state index contributed by atoms with van der Waals surface area (Å²) in [7, 11) is -3.80. The zero-order valence-corrected chi connectivity index (χ0v) is 16.5. The lowest BCUT2D eigenvalue weighted by atomic mass is 10.1. The Morgan fingerprint density at radius 1 is 0.897 bits per heavy atom. The molecule has 0 aliphatic rings. The summed E-state index contributed by atoms with van der Waals surface area (Å²) in [4.78, 5) is -0.00126. The molecule has 0 aliphatic carbocycles. The SMILES string of the molecule is NS(=O)(=O)c1ccc(-n2nc(-c3ccc(Cl)cc3)cc2-c2cccc(F)c2)cc1. The van der Waals surface area contributed by atoms with Crippen molar-refractivity contribution in [3.05, 3.63) is 89.7 Å². The maximum atomic E-state index is 13.8. The summed E-state index contributed by atoms with van der Waals surface area (Å²) in [6, 6.07) is 21.2. The third-order valence-electron chi connectivity index (χ3n) is 4.38. The first-order valence-corrected chi connectivity index (χ1v) is 10.5. The Kier molecular flexibility index (Phi) is 4.96. The second kappa shape index (κ2) is 7.44. The summed E-state index contributed by atoms with van der Waals surface area (Å²) in [5.74, 6) is -0.368. The molecule has 0 amide bonds. The number of hydrogen-bond acceptors (Lipinski definition) is 3. The zero-order valence-electron chi connectivity index (χ0n) is 15.0. The summed E-state index contributed by atoms with van der Waals surface area (Å²) in [6.45, 7) is 0. The molecule has 2 N–H and O–H groups in total. The van der Waals surface area contributed by atoms with E-state index in [4.69, 9.17) is 16.7 Å². The van der Waals surface area contributed by atoms with Crippen LogP contribution in [0.3, 0.4) is 0 Å². The molecular formula is C21H15ClFN3O2S. The molecule has 146 valence electrons. The third-order valence-corrected chi connectivity index (χ3v) is 5.56. The Hall–Kier alpha value is -3.00. The Bertz CT molecular complexity index is 1280. The van der Waals surface area contributed by atoms with E-state index in [9.17, 15) is 12.8 Å². The van der Waals surface area contributed by atoms with Crippen molar-refractivity contribution in [1.82, 2.24) is 9.78 Å². The first kappa shape index (κ1) is 19.3. The fourth-order valence-corrected chi connectivity index (χ4v) is 3.61. The second-order valence-corrected chi connectivity index (χ2v) is 8.38. The predicted molar refractivity (Wildman–Crippen MR) is 111 cm³/mol. The van der Waals surface area contributed by atoms with Gasteiger partial charge in [-0.15, -0.1) is 0 Å². The summed E-state index contributed by atoms with van der Waals surface area (Å²) in [5.41, 5.74) is 3.39. The van der Waals surface area contributed by atoms with Crippen LogP contribution in [0.15, 0.2) is 83.8 Å². The highest BCUT2D eigenvalue weighted by molar-refractivity contribution is 7.89. The van der Waals surface area contributed by atoms with Gasteiger partial charge >= 0.3 is 0 Å². The highest BCUT2D eigenvalue weighted by Gasteiger charge is 2.15. The molecule has 4 aromatic rings. The van der Waals surface area contributed by atoms with E-state index in [1.54, 1.807) is 41.1 Å². The Morgan fingerprint density at radius 2 is 1.59 bits per heavy atom. The average Bonchev–Trinajstić information content (AvgIpc) is 3.13. The van der Waals surface area contributed by atoms with Gasteiger partial charge < -0.3 is 0 Å². The first-order chi connectivity index (χ1) is 13.8. The van der Waals surface area contributed by atoms with Crippen LogP contribution in [0.5, 0.6) is 0 Å². The van der Waals surface area contributed by atoms with Crippen LogP contribution in [0.4, 0.5) is 4.39 Å². The zero-order chi connectivity index (χ0) is 20.6. The number of hydrogen-bond donors (Lipinski definition) is 1. The molecular weight excluding hydrogens is 413 g/mol. The molecule has 0 bridgehead atoms. The molecule has 8 heteroatoms. The van der Waals surface area contributed by atoms with E-state index >= 15 is 0 Å². The minimum absolute atomic E-state index is 0.00126. The molecule has 0 spiro atoms. The quantitative estimate of drug-likeness (QED) is 0.515. The summed E-state index contributed by atoms with van der Waals surface area (Å²) in [6.07, 6.45) is 0. The Morgan fingerprint density at radius 3 is 2.21 bits per heavy atom. The lowest BCUT2D eigenvalue weighted by molar-refractivity contribution is 0.597. The van der Waals surface area contributed by atoms with E-state index in [-0.39, 0.29) is 10.7 Å². The van der Waals surface area contributed by atoms with Crippen molar-refractivity contribution >= 4 is 21.6 Å². The lowest BCUT2D eigenvalue weighted by Crippen LogP contribution is -2.12. The largest absolute Gasteiger partial charge is 0.238 e. The number of sulfonamides is 1. The molecule has 0 saturated heterocycles. The van der Waals surface area contributed by atoms with Gasteiger partial charge in [0.25, 0.3) is 0 Å². The molecule has 1 heterocycles. The van der Waals surface area contributed by atoms with Crippen LogP contribution in [0.1, 0.15) is 0 Å². The molecule has 5 nitrogen and oxygen atoms in total. The summed E-state index contributed by atoms with van der Waals surface area (Å²) >= 11 is 5.97. The molecule has 0 atom stereocenters. The molecule has 1 aromatic heterocycles. The van der Waals surface area contributed by atoms with Gasteiger partial charge in [-0.25, -0.2) is 22.6 Å². The van der Waals surface area contributed by atoms with Crippen LogP contribution >= 0.6 is 11.6 Å². The standard InChI is InChI=1S/C21H15ClFN3O2S/c22-16-6-4-14(5-7-16)20-13-21(15-2-1-3-17(23)12-15)26(25-20)18-8-10-19(11-9-18)29(24,27)28/h1-13H,(H2,24,27,28). The van der Waals surface area contributed by atoms with Crippen molar-refractivity contribution in [2.45, 2.75) is 4.90 Å². The van der Waals surface area contributed by atoms with Crippen molar-refractivity contribution in [3.8, 4) is 28.2 Å². The van der Waals surface area contributed by atoms with E-state index < -0.39 is 10.0 Å². The Labute approximate surface area is 172 Å². The van der Waals surface area contributed by atoms with Crippen LogP contribution in [0.25, 0.3) is 28.2 Å². The van der Waals surface area contributed by atoms with Gasteiger partial charge in [0.15, 0.2) is 0 Å². The van der Waals surface area contributed by atoms with Gasteiger partial charge in [-0.2, -0.15) is 5.10 Å². The highest BCUT2D eigenvalue weighted by Crippen LogP contribution is 2.30. The van der Waals surface area contributed by atoms with Crippen molar-refractivity contribution in [2.75, 3.05) is 0 Å². The van der Waals surface area contributed by atoms with Gasteiger partial charge in [0, 0.05) is 16.1 Å². The minimum Gasteiger partial charge on any atom is -0.232 e. The second-order valence-electron chi connectivity index (χ2n) is 6.38. The third kappa shape index (κ3) is 4.07. The number of halogens is 2. The predicted octanol–water partition coefficient (Wildman–Crippen LogP) is 4.65. The van der Waals surface area contributed by atoms with Gasteiger partial charge in [0.1, 0.15) is 5.82 Å². The molecule has 0 saturated carbocycles. The van der Waals surface area contributed by atoms with Crippen LogP contribution in [-0.4, -0.2) is 18.2 Å². The van der Waals surface area contributed by atoms with E-state index in [2.05, 4.69) is 5.10 Å². The maximum Gasteiger partial charge on any atom is 0.238 e. The number of nitrogens with two attached hydrogens (primary N) is 1. The number of benzene rings is 3. The van der Waals surface area contributed by atoms with E-state index in [1.807, 2.05) is 18.2 Å². The molecule has 3 aromatic carbocycles. The average molecular weight is 428 g/mol. The van der Waals surface area contributed by atoms with Crippen LogP contribution < -0.4 is 5.14 Å². The van der Waals surface area contributed by atoms with E-state index in [0.29, 0.717) is 27.7 Å². The van der Waals surface area contributed by atoms with Gasteiger partial charge in [0.05, 0.1) is 22.0 Å². The van der Waals surface area contributed by atoms with Gasteiger partial charge in [-0.05, 0) is 54.6 Å². The lowest BCUT2D eigenvalue weighted by Gasteiger charge is -2.08. The van der Waals surface area contributed by atoms with Gasteiger partial charge in [-0.3, -0.25) is 0 Å². The highest BCUT2D eigenvalue weighted by atomic mass is 35.5. The summed E-state index contributed by atoms with van der Waals surface area (Å²) in [5, 5.41) is 10.4. The molecule has 29 heavy (non-hydrogen) atoms. The first-order valence-electron chi connectivity index (χ1n) is 8.56. The van der Waals surface area contributed by atoms with Crippen LogP contribution in [-0.2, 0) is 10.0 Å². The molecule has 0 aliphatic heterocycles. The number of aromatic nitrogens is 2. The van der Waals surface area contributed by atoms with Gasteiger partial charge in [0.2, 0.25) is 10.0 Å². The fourth-order valence-electron chi connectivity index (χ4n) is 2.97. The van der Waals surface area contributed by atoms with Crippen LogP contribution in [0.2, 0.25) is 5.02 Å². The monoisotopic (exact) mass is 427 g/mol. The van der Waals surface area contributed by atoms with Gasteiger partial charge in [-0.1, -0.05) is 35.9 Å².